The van der Waals surface area contributed by atoms with Crippen molar-refractivity contribution in [3.63, 3.8) is 0 Å². The van der Waals surface area contributed by atoms with Crippen molar-refractivity contribution in [2.75, 3.05) is 7.11 Å². The average Bonchev–Trinajstić information content (AvgIpc) is 2.45. The van der Waals surface area contributed by atoms with Gasteiger partial charge in [0.2, 0.25) is 5.78 Å². The minimum absolute atomic E-state index is 0.0622. The smallest absolute Gasteiger partial charge is 0.375 e. The van der Waals surface area contributed by atoms with Crippen LogP contribution < -0.4 is 0 Å². The maximum Gasteiger partial charge on any atom is 0.375 e. The van der Waals surface area contributed by atoms with E-state index in [-0.39, 0.29) is 11.7 Å². The fourth-order valence-corrected chi connectivity index (χ4v) is 2.16. The number of hydrogen-bond acceptors (Lipinski definition) is 4. The molecule has 0 aromatic heterocycles. The van der Waals surface area contributed by atoms with Gasteiger partial charge in [0.1, 0.15) is 0 Å². The molecular formula is C19H34O4. The molecule has 0 amide bonds. The second kappa shape index (κ2) is 10.6. The summed E-state index contributed by atoms with van der Waals surface area (Å²) < 4.78 is 10.3. The third-order valence-corrected chi connectivity index (χ3v) is 3.95. The lowest BCUT2D eigenvalue weighted by molar-refractivity contribution is -0.157. The van der Waals surface area contributed by atoms with Crippen molar-refractivity contribution >= 4 is 11.8 Å². The summed E-state index contributed by atoms with van der Waals surface area (Å²) in [5.74, 6) is -1.11. The first-order valence-corrected chi connectivity index (χ1v) is 8.55. The van der Waals surface area contributed by atoms with E-state index in [2.05, 4.69) is 20.8 Å². The highest BCUT2D eigenvalue weighted by Crippen LogP contribution is 2.20. The van der Waals surface area contributed by atoms with Gasteiger partial charge in [0.15, 0.2) is 0 Å². The van der Waals surface area contributed by atoms with E-state index in [4.69, 9.17) is 9.47 Å². The van der Waals surface area contributed by atoms with E-state index in [1.807, 2.05) is 6.08 Å². The van der Waals surface area contributed by atoms with Crippen LogP contribution in [0.5, 0.6) is 0 Å². The molecule has 2 atom stereocenters. The molecule has 134 valence electrons. The number of hydrogen-bond donors (Lipinski definition) is 0. The number of rotatable bonds is 11. The highest BCUT2D eigenvalue weighted by atomic mass is 16.5. The quantitative estimate of drug-likeness (QED) is 0.322. The third-order valence-electron chi connectivity index (χ3n) is 3.95. The lowest BCUT2D eigenvalue weighted by atomic mass is 9.94. The highest BCUT2D eigenvalue weighted by Gasteiger charge is 2.21. The Morgan fingerprint density at radius 2 is 1.74 bits per heavy atom. The van der Waals surface area contributed by atoms with E-state index < -0.39 is 17.7 Å². The second-order valence-electron chi connectivity index (χ2n) is 7.23. The highest BCUT2D eigenvalue weighted by molar-refractivity contribution is 6.34. The number of methoxy groups -OCH3 is 1. The van der Waals surface area contributed by atoms with Crippen LogP contribution in [0, 0.1) is 11.8 Å². The van der Waals surface area contributed by atoms with Gasteiger partial charge in [-0.15, -0.1) is 0 Å². The van der Waals surface area contributed by atoms with Crippen LogP contribution in [0.1, 0.15) is 67.2 Å². The van der Waals surface area contributed by atoms with E-state index in [0.717, 1.165) is 25.7 Å². The van der Waals surface area contributed by atoms with Crippen molar-refractivity contribution in [3.8, 4) is 0 Å². The molecule has 0 bridgehead atoms. The topological polar surface area (TPSA) is 52.6 Å². The Morgan fingerprint density at radius 3 is 2.26 bits per heavy atom. The molecule has 0 aliphatic carbocycles. The first kappa shape index (κ1) is 21.8. The Hall–Kier alpha value is -1.16. The summed E-state index contributed by atoms with van der Waals surface area (Å²) >= 11 is 0. The predicted molar refractivity (Wildman–Crippen MR) is 93.3 cm³/mol. The first-order valence-electron chi connectivity index (χ1n) is 8.55. The molecule has 0 aliphatic rings. The molecule has 0 fully saturated rings. The fourth-order valence-electron chi connectivity index (χ4n) is 2.16. The summed E-state index contributed by atoms with van der Waals surface area (Å²) in [6.45, 7) is 11.6. The Bertz CT molecular complexity index is 396. The van der Waals surface area contributed by atoms with E-state index in [1.54, 1.807) is 34.0 Å². The Kier molecular flexibility index (Phi) is 10.1. The van der Waals surface area contributed by atoms with Crippen molar-refractivity contribution in [2.24, 2.45) is 11.8 Å². The molecule has 0 N–H and O–H groups in total. The molecule has 0 rings (SSSR count). The molecule has 0 heterocycles. The summed E-state index contributed by atoms with van der Waals surface area (Å²) in [6, 6.07) is 0. The third kappa shape index (κ3) is 10.3. The number of ketones is 1. The number of Topliss-reactive ketones (excluding diaryl/α,β-unsaturated/α-hetero) is 1. The number of ether oxygens (including phenoxy) is 2. The molecule has 0 aromatic rings. The van der Waals surface area contributed by atoms with Crippen molar-refractivity contribution in [2.45, 2.75) is 78.9 Å². The summed E-state index contributed by atoms with van der Waals surface area (Å²) in [5, 5.41) is 0. The lowest BCUT2D eigenvalue weighted by Crippen LogP contribution is -2.25. The van der Waals surface area contributed by atoms with Gasteiger partial charge in [-0.1, -0.05) is 38.8 Å². The first-order chi connectivity index (χ1) is 10.6. The number of carbonyl (C=O) groups is 2. The molecule has 2 unspecified atom stereocenters. The zero-order chi connectivity index (χ0) is 18.0. The second-order valence-corrected chi connectivity index (χ2v) is 7.23. The molecule has 0 saturated heterocycles. The van der Waals surface area contributed by atoms with Gasteiger partial charge in [-0.3, -0.25) is 4.79 Å². The van der Waals surface area contributed by atoms with Crippen molar-refractivity contribution < 1.29 is 19.1 Å². The molecule has 23 heavy (non-hydrogen) atoms. The van der Waals surface area contributed by atoms with Crippen LogP contribution in [0.4, 0.5) is 0 Å². The summed E-state index contributed by atoms with van der Waals surface area (Å²) in [6.07, 6.45) is 7.72. The molecule has 0 saturated carbocycles. The minimum atomic E-state index is -0.744. The Balaban J connectivity index is 4.12. The molecule has 0 radical (unpaired) electrons. The van der Waals surface area contributed by atoms with Crippen LogP contribution >= 0.6 is 0 Å². The van der Waals surface area contributed by atoms with Gasteiger partial charge >= 0.3 is 5.97 Å². The van der Waals surface area contributed by atoms with E-state index in [0.29, 0.717) is 5.92 Å². The van der Waals surface area contributed by atoms with Crippen molar-refractivity contribution in [1.29, 1.82) is 0 Å². The molecule has 0 aromatic carbocycles. The van der Waals surface area contributed by atoms with Crippen LogP contribution in [0.2, 0.25) is 0 Å². The van der Waals surface area contributed by atoms with Gasteiger partial charge in [-0.25, -0.2) is 4.79 Å². The van der Waals surface area contributed by atoms with Crippen LogP contribution in [0.25, 0.3) is 0 Å². The van der Waals surface area contributed by atoms with Gasteiger partial charge in [0.05, 0.1) is 11.7 Å². The van der Waals surface area contributed by atoms with Crippen molar-refractivity contribution in [1.82, 2.24) is 0 Å². The predicted octanol–water partition coefficient (Wildman–Crippen LogP) is 4.32. The number of allylic oxidation sites excluding steroid dienone is 2. The molecule has 0 spiro atoms. The summed E-state index contributed by atoms with van der Waals surface area (Å²) in [4.78, 5) is 23.4. The maximum absolute atomic E-state index is 11.8. The summed E-state index contributed by atoms with van der Waals surface area (Å²) in [5.41, 5.74) is -0.0622. The van der Waals surface area contributed by atoms with Crippen molar-refractivity contribution in [3.05, 3.63) is 12.2 Å². The number of esters is 1. The van der Waals surface area contributed by atoms with Gasteiger partial charge in [-0.2, -0.15) is 0 Å². The average molecular weight is 326 g/mol. The van der Waals surface area contributed by atoms with Gasteiger partial charge in [-0.05, 0) is 46.5 Å². The summed E-state index contributed by atoms with van der Waals surface area (Å²) in [7, 11) is 1.74. The van der Waals surface area contributed by atoms with E-state index in [9.17, 15) is 9.59 Å². The zero-order valence-corrected chi connectivity index (χ0v) is 15.8. The molecule has 4 nitrogen and oxygen atoms in total. The fraction of sp³-hybridized carbons (Fsp3) is 0.789. The Labute approximate surface area is 141 Å². The SMILES string of the molecule is COC(C)(C)CCCC(C)CC=CC(C)C(=O)C(=O)OC(C)C. The van der Waals surface area contributed by atoms with E-state index in [1.165, 1.54) is 0 Å². The van der Waals surface area contributed by atoms with Crippen LogP contribution in [0.3, 0.4) is 0 Å². The minimum Gasteiger partial charge on any atom is -0.457 e. The largest absolute Gasteiger partial charge is 0.457 e. The van der Waals surface area contributed by atoms with E-state index >= 15 is 0 Å². The lowest BCUT2D eigenvalue weighted by Gasteiger charge is -2.23. The standard InChI is InChI=1S/C19H34O4/c1-14(2)23-18(21)17(20)16(4)12-8-10-15(3)11-9-13-19(5,6)22-7/h8,12,14-16H,9-11,13H2,1-7H3. The normalized spacial score (nSPS) is 15.0. The molecule has 0 aliphatic heterocycles. The van der Waals surface area contributed by atoms with Crippen LogP contribution in [-0.2, 0) is 19.1 Å². The zero-order valence-electron chi connectivity index (χ0n) is 15.8. The molecular weight excluding hydrogens is 292 g/mol. The maximum atomic E-state index is 11.8. The Morgan fingerprint density at radius 1 is 1.13 bits per heavy atom. The van der Waals surface area contributed by atoms with Gasteiger partial charge < -0.3 is 9.47 Å². The monoisotopic (exact) mass is 326 g/mol. The van der Waals surface area contributed by atoms with Crippen LogP contribution in [-0.4, -0.2) is 30.6 Å². The van der Waals surface area contributed by atoms with Gasteiger partial charge in [0, 0.05) is 13.0 Å². The van der Waals surface area contributed by atoms with Gasteiger partial charge in [0.25, 0.3) is 0 Å². The van der Waals surface area contributed by atoms with Crippen LogP contribution in [0.15, 0.2) is 12.2 Å². The number of carbonyl (C=O) groups excluding carboxylic acids is 2. The molecule has 4 heteroatoms.